The third-order valence-corrected chi connectivity index (χ3v) is 8.58. The zero-order valence-corrected chi connectivity index (χ0v) is 19.9. The fraction of sp³-hybridized carbons (Fsp3) is 0.741. The van der Waals surface area contributed by atoms with Crippen LogP contribution in [0.15, 0.2) is 24.3 Å². The van der Waals surface area contributed by atoms with Crippen molar-refractivity contribution in [2.45, 2.75) is 58.3 Å². The largest absolute Gasteiger partial charge is 0.492 e. The average Bonchev–Trinajstić information content (AvgIpc) is 2.79. The molecule has 1 heterocycles. The molecular formula is C27H41N3O2. The summed E-state index contributed by atoms with van der Waals surface area (Å²) < 4.78 is 5.82. The number of rotatable bonds is 9. The van der Waals surface area contributed by atoms with Crippen LogP contribution in [0.3, 0.4) is 0 Å². The van der Waals surface area contributed by atoms with Gasteiger partial charge in [-0.05, 0) is 94.7 Å². The molecule has 176 valence electrons. The van der Waals surface area contributed by atoms with Crippen LogP contribution in [0.5, 0.6) is 5.75 Å². The van der Waals surface area contributed by atoms with Crippen LogP contribution < -0.4 is 15.0 Å². The Kier molecular flexibility index (Phi) is 6.64. The summed E-state index contributed by atoms with van der Waals surface area (Å²) in [6.45, 7) is 9.02. The van der Waals surface area contributed by atoms with E-state index in [4.69, 9.17) is 4.74 Å². The summed E-state index contributed by atoms with van der Waals surface area (Å²) in [5, 5.41) is 3.34. The molecule has 0 unspecified atom stereocenters. The van der Waals surface area contributed by atoms with Crippen molar-refractivity contribution < 1.29 is 9.53 Å². The van der Waals surface area contributed by atoms with E-state index in [-0.39, 0.29) is 5.41 Å². The number of para-hydroxylation sites is 2. The van der Waals surface area contributed by atoms with E-state index in [0.717, 1.165) is 75.6 Å². The second-order valence-electron chi connectivity index (χ2n) is 10.9. The first-order valence-corrected chi connectivity index (χ1v) is 13.1. The lowest BCUT2D eigenvalue weighted by Gasteiger charge is -2.55. The fourth-order valence-electron chi connectivity index (χ4n) is 7.45. The number of hydrogen-bond acceptors (Lipinski definition) is 4. The van der Waals surface area contributed by atoms with Crippen molar-refractivity contribution in [3.63, 3.8) is 0 Å². The number of amides is 1. The van der Waals surface area contributed by atoms with Crippen molar-refractivity contribution in [3.05, 3.63) is 24.3 Å². The van der Waals surface area contributed by atoms with Crippen molar-refractivity contribution in [3.8, 4) is 5.75 Å². The van der Waals surface area contributed by atoms with Gasteiger partial charge >= 0.3 is 0 Å². The van der Waals surface area contributed by atoms with Gasteiger partial charge in [0.1, 0.15) is 5.75 Å². The number of carbonyl (C=O) groups excluding carboxylic acids is 1. The first-order chi connectivity index (χ1) is 15.6. The van der Waals surface area contributed by atoms with Crippen LogP contribution in [0, 0.1) is 23.2 Å². The lowest BCUT2D eigenvalue weighted by molar-refractivity contribution is -0.146. The number of unbranched alkanes of at least 4 members (excludes halogenated alkanes) is 1. The van der Waals surface area contributed by atoms with Crippen LogP contribution in [0.25, 0.3) is 0 Å². The van der Waals surface area contributed by atoms with Gasteiger partial charge in [-0.15, -0.1) is 0 Å². The van der Waals surface area contributed by atoms with Gasteiger partial charge in [-0.25, -0.2) is 0 Å². The number of benzene rings is 1. The van der Waals surface area contributed by atoms with Gasteiger partial charge in [0.2, 0.25) is 5.91 Å². The smallest absolute Gasteiger partial charge is 0.226 e. The summed E-state index contributed by atoms with van der Waals surface area (Å²) in [4.78, 5) is 18.1. The average molecular weight is 440 g/mol. The number of nitrogens with one attached hydrogen (secondary N) is 1. The van der Waals surface area contributed by atoms with E-state index in [1.165, 1.54) is 44.2 Å². The molecule has 5 fully saturated rings. The standard InChI is InChI=1S/C27H41N3O2/c1-2-32-25-8-4-3-7-24(25)30-13-11-29(12-14-30)10-6-5-9-28-26(31)27-18-21-15-22(19-27)17-23(16-21)20-27/h3-4,7-8,21-23H,2,5-6,9-20H2,1H3,(H,28,31). The molecule has 5 nitrogen and oxygen atoms in total. The molecule has 1 aromatic carbocycles. The highest BCUT2D eigenvalue weighted by atomic mass is 16.5. The lowest BCUT2D eigenvalue weighted by atomic mass is 9.49. The van der Waals surface area contributed by atoms with Gasteiger partial charge in [0.15, 0.2) is 0 Å². The van der Waals surface area contributed by atoms with Crippen molar-refractivity contribution >= 4 is 11.6 Å². The third-order valence-electron chi connectivity index (χ3n) is 8.58. The van der Waals surface area contributed by atoms with Crippen molar-refractivity contribution in [1.29, 1.82) is 0 Å². The zero-order valence-electron chi connectivity index (χ0n) is 19.9. The molecule has 5 aliphatic rings. The Labute approximate surface area is 193 Å². The van der Waals surface area contributed by atoms with E-state index in [0.29, 0.717) is 12.5 Å². The van der Waals surface area contributed by atoms with Crippen molar-refractivity contribution in [2.24, 2.45) is 23.2 Å². The highest BCUT2D eigenvalue weighted by Crippen LogP contribution is 2.60. The van der Waals surface area contributed by atoms with Gasteiger partial charge in [0.05, 0.1) is 12.3 Å². The van der Waals surface area contributed by atoms with Gasteiger partial charge < -0.3 is 15.0 Å². The molecule has 1 aliphatic heterocycles. The summed E-state index contributed by atoms with van der Waals surface area (Å²) in [6.07, 6.45) is 9.96. The van der Waals surface area contributed by atoms with Crippen LogP contribution in [-0.4, -0.2) is 56.7 Å². The second kappa shape index (κ2) is 9.62. The lowest BCUT2D eigenvalue weighted by Crippen LogP contribution is -2.53. The molecule has 4 bridgehead atoms. The molecule has 5 heteroatoms. The topological polar surface area (TPSA) is 44.8 Å². The van der Waals surface area contributed by atoms with E-state index in [9.17, 15) is 4.79 Å². The Bertz CT molecular complexity index is 752. The van der Waals surface area contributed by atoms with Crippen LogP contribution >= 0.6 is 0 Å². The molecule has 4 aliphatic carbocycles. The summed E-state index contributed by atoms with van der Waals surface area (Å²) in [6, 6.07) is 8.39. The minimum Gasteiger partial charge on any atom is -0.492 e. The van der Waals surface area contributed by atoms with E-state index >= 15 is 0 Å². The van der Waals surface area contributed by atoms with E-state index < -0.39 is 0 Å². The molecular weight excluding hydrogens is 398 g/mol. The first kappa shape index (κ1) is 22.1. The molecule has 0 spiro atoms. The minimum atomic E-state index is 0.00284. The number of piperazine rings is 1. The molecule has 6 rings (SSSR count). The monoisotopic (exact) mass is 439 g/mol. The van der Waals surface area contributed by atoms with E-state index in [1.54, 1.807) is 0 Å². The number of carbonyl (C=O) groups is 1. The molecule has 4 saturated carbocycles. The Hall–Kier alpha value is -1.75. The molecule has 1 amide bonds. The molecule has 0 radical (unpaired) electrons. The van der Waals surface area contributed by atoms with Gasteiger partial charge in [0.25, 0.3) is 0 Å². The van der Waals surface area contributed by atoms with Crippen molar-refractivity contribution in [1.82, 2.24) is 10.2 Å². The fourth-order valence-corrected chi connectivity index (χ4v) is 7.45. The molecule has 1 saturated heterocycles. The molecule has 1 aromatic rings. The Morgan fingerprint density at radius 3 is 2.31 bits per heavy atom. The Morgan fingerprint density at radius 2 is 1.66 bits per heavy atom. The van der Waals surface area contributed by atoms with Crippen LogP contribution in [0.4, 0.5) is 5.69 Å². The summed E-state index contributed by atoms with van der Waals surface area (Å²) in [5.74, 6) is 3.90. The van der Waals surface area contributed by atoms with Crippen LogP contribution in [0.2, 0.25) is 0 Å². The first-order valence-electron chi connectivity index (χ1n) is 13.1. The van der Waals surface area contributed by atoms with Gasteiger partial charge in [-0.3, -0.25) is 9.69 Å². The van der Waals surface area contributed by atoms with Gasteiger partial charge in [-0.1, -0.05) is 12.1 Å². The Balaban J connectivity index is 1.00. The van der Waals surface area contributed by atoms with E-state index in [2.05, 4.69) is 33.3 Å². The highest BCUT2D eigenvalue weighted by molar-refractivity contribution is 5.83. The third kappa shape index (κ3) is 4.64. The van der Waals surface area contributed by atoms with E-state index in [1.807, 2.05) is 13.0 Å². The summed E-state index contributed by atoms with van der Waals surface area (Å²) in [5.41, 5.74) is 1.23. The normalized spacial score (nSPS) is 31.7. The predicted molar refractivity (Wildman–Crippen MR) is 129 cm³/mol. The summed E-state index contributed by atoms with van der Waals surface area (Å²) >= 11 is 0. The maximum atomic E-state index is 13.1. The Morgan fingerprint density at radius 1 is 1.00 bits per heavy atom. The van der Waals surface area contributed by atoms with Crippen molar-refractivity contribution in [2.75, 3.05) is 50.8 Å². The van der Waals surface area contributed by atoms with Crippen LogP contribution in [-0.2, 0) is 4.79 Å². The number of hydrogen-bond donors (Lipinski definition) is 1. The maximum absolute atomic E-state index is 13.1. The highest BCUT2D eigenvalue weighted by Gasteiger charge is 2.54. The maximum Gasteiger partial charge on any atom is 0.226 e. The molecule has 1 N–H and O–H groups in total. The molecule has 0 atom stereocenters. The minimum absolute atomic E-state index is 0.00284. The van der Waals surface area contributed by atoms with Gasteiger partial charge in [0, 0.05) is 38.1 Å². The molecule has 0 aromatic heterocycles. The van der Waals surface area contributed by atoms with Gasteiger partial charge in [-0.2, -0.15) is 0 Å². The van der Waals surface area contributed by atoms with Crippen LogP contribution in [0.1, 0.15) is 58.3 Å². The second-order valence-corrected chi connectivity index (χ2v) is 10.9. The SMILES string of the molecule is CCOc1ccccc1N1CCN(CCCCNC(=O)C23CC4CC(CC(C4)C2)C3)CC1. The number of ether oxygens (including phenoxy) is 1. The molecule has 32 heavy (non-hydrogen) atoms. The number of anilines is 1. The summed E-state index contributed by atoms with van der Waals surface area (Å²) in [7, 11) is 0. The zero-order chi connectivity index (χ0) is 22.0. The predicted octanol–water partition coefficient (Wildman–Crippen LogP) is 4.32. The quantitative estimate of drug-likeness (QED) is 0.582. The number of nitrogens with zero attached hydrogens (tertiary/aromatic N) is 2.